The highest BCUT2D eigenvalue weighted by atomic mass is 32.2. The molecule has 3 fully saturated rings. The third-order valence-corrected chi connectivity index (χ3v) is 9.84. The van der Waals surface area contributed by atoms with Crippen LogP contribution in [-0.4, -0.2) is 70.9 Å². The molecule has 9 heteroatoms. The van der Waals surface area contributed by atoms with Crippen LogP contribution in [-0.2, 0) is 28.2 Å². The zero-order valence-electron chi connectivity index (χ0n) is 25.8. The summed E-state index contributed by atoms with van der Waals surface area (Å²) in [7, 11) is -1.21. The average Bonchev–Trinajstić information content (AvgIpc) is 3.29. The normalized spacial score (nSPS) is 19.3. The number of benzene rings is 2. The quantitative estimate of drug-likeness (QED) is 0.271. The second-order valence-electron chi connectivity index (χ2n) is 13.1. The number of hydrogen-bond donors (Lipinski definition) is 0. The number of carbonyl (C=O) groups is 1. The van der Waals surface area contributed by atoms with E-state index in [9.17, 15) is 13.2 Å². The summed E-state index contributed by atoms with van der Waals surface area (Å²) in [6, 6.07) is 20.5. The SMILES string of the molecule is Cc1nc(-c2ccc(CN3C[C@H]4CCC3CN4C(=O)OC(C)(C)C)cc2)cc2c1cc(-c1ccc(S(C)(=O)=O)cc1)n2C. The van der Waals surface area contributed by atoms with Gasteiger partial charge in [-0.1, -0.05) is 36.4 Å². The summed E-state index contributed by atoms with van der Waals surface area (Å²) in [5, 5.41) is 1.07. The maximum absolute atomic E-state index is 12.7. The summed E-state index contributed by atoms with van der Waals surface area (Å²) in [6.07, 6.45) is 3.16. The van der Waals surface area contributed by atoms with Crippen molar-refractivity contribution >= 4 is 26.8 Å². The van der Waals surface area contributed by atoms with Crippen LogP contribution in [0.1, 0.15) is 44.9 Å². The molecule has 4 aromatic rings. The number of piperidine rings is 2. The van der Waals surface area contributed by atoms with E-state index >= 15 is 0 Å². The fraction of sp³-hybridized carbons (Fsp3) is 0.412. The molecule has 2 aromatic carbocycles. The molecule has 1 amide bonds. The highest BCUT2D eigenvalue weighted by molar-refractivity contribution is 7.90. The standard InChI is InChI=1S/C34H40N4O4S/c1-22-29-17-31(25-11-15-28(16-12-25)43(6,40)41)36(5)32(29)18-30(35-22)24-9-7-23(8-10-24)19-37-20-27-14-13-26(37)21-38(27)33(39)42-34(2,3)4/h7-12,15-18,26-27H,13-14,19-21H2,1-6H3/t26?,27-/m1/s1. The topological polar surface area (TPSA) is 84.7 Å². The van der Waals surface area contributed by atoms with Gasteiger partial charge in [-0.15, -0.1) is 0 Å². The lowest BCUT2D eigenvalue weighted by Crippen LogP contribution is -2.63. The van der Waals surface area contributed by atoms with Gasteiger partial charge in [0.1, 0.15) is 5.60 Å². The van der Waals surface area contributed by atoms with Crippen molar-refractivity contribution in [2.75, 3.05) is 19.3 Å². The second kappa shape index (κ2) is 10.8. The van der Waals surface area contributed by atoms with Crippen LogP contribution in [0.25, 0.3) is 33.4 Å². The number of fused-ring (bicyclic) bond motifs is 4. The molecule has 43 heavy (non-hydrogen) atoms. The summed E-state index contributed by atoms with van der Waals surface area (Å²) in [5.41, 5.74) is 6.73. The maximum atomic E-state index is 12.7. The molecule has 2 aromatic heterocycles. The zero-order chi connectivity index (χ0) is 30.7. The Morgan fingerprint density at radius 1 is 0.953 bits per heavy atom. The van der Waals surface area contributed by atoms with Crippen molar-refractivity contribution in [3.8, 4) is 22.5 Å². The minimum atomic E-state index is -3.24. The summed E-state index contributed by atoms with van der Waals surface area (Å²) in [4.78, 5) is 22.4. The van der Waals surface area contributed by atoms with Gasteiger partial charge < -0.3 is 14.2 Å². The molecule has 2 atom stereocenters. The van der Waals surface area contributed by atoms with E-state index in [2.05, 4.69) is 45.9 Å². The molecule has 0 aliphatic carbocycles. The van der Waals surface area contributed by atoms with Gasteiger partial charge in [0.25, 0.3) is 0 Å². The van der Waals surface area contributed by atoms with E-state index in [4.69, 9.17) is 9.72 Å². The third kappa shape index (κ3) is 5.93. The number of ether oxygens (including phenoxy) is 1. The van der Waals surface area contributed by atoms with Gasteiger partial charge in [0.05, 0.1) is 16.1 Å². The minimum Gasteiger partial charge on any atom is -0.444 e. The predicted molar refractivity (Wildman–Crippen MR) is 170 cm³/mol. The number of amides is 1. The lowest BCUT2D eigenvalue weighted by Gasteiger charge is -2.51. The van der Waals surface area contributed by atoms with Crippen molar-refractivity contribution in [2.24, 2.45) is 7.05 Å². The molecule has 3 aliphatic heterocycles. The van der Waals surface area contributed by atoms with Gasteiger partial charge in [-0.05, 0) is 75.9 Å². The van der Waals surface area contributed by atoms with E-state index in [-0.39, 0.29) is 12.1 Å². The van der Waals surface area contributed by atoms with Crippen molar-refractivity contribution < 1.29 is 17.9 Å². The molecular weight excluding hydrogens is 560 g/mol. The predicted octanol–water partition coefficient (Wildman–Crippen LogP) is 6.20. The van der Waals surface area contributed by atoms with Crippen LogP contribution in [0.15, 0.2) is 65.6 Å². The Hall–Kier alpha value is -3.69. The number of rotatable bonds is 5. The number of aromatic nitrogens is 2. The van der Waals surface area contributed by atoms with Crippen molar-refractivity contribution in [2.45, 2.75) is 69.7 Å². The molecule has 3 saturated heterocycles. The summed E-state index contributed by atoms with van der Waals surface area (Å²) in [5.74, 6) is 0. The third-order valence-electron chi connectivity index (χ3n) is 8.72. The fourth-order valence-corrected chi connectivity index (χ4v) is 7.08. The highest BCUT2D eigenvalue weighted by Gasteiger charge is 2.42. The molecule has 0 radical (unpaired) electrons. The van der Waals surface area contributed by atoms with E-state index in [1.807, 2.05) is 51.8 Å². The van der Waals surface area contributed by atoms with Gasteiger partial charge in [0.15, 0.2) is 9.84 Å². The number of carbonyl (C=O) groups excluding carboxylic acids is 1. The van der Waals surface area contributed by atoms with E-state index in [0.29, 0.717) is 10.9 Å². The fourth-order valence-electron chi connectivity index (χ4n) is 6.45. The highest BCUT2D eigenvalue weighted by Crippen LogP contribution is 2.34. The van der Waals surface area contributed by atoms with Gasteiger partial charge in [-0.25, -0.2) is 13.2 Å². The molecule has 5 heterocycles. The largest absolute Gasteiger partial charge is 0.444 e. The van der Waals surface area contributed by atoms with E-state index in [1.54, 1.807) is 12.1 Å². The monoisotopic (exact) mass is 600 g/mol. The molecule has 7 rings (SSSR count). The van der Waals surface area contributed by atoms with Gasteiger partial charge in [0.2, 0.25) is 0 Å². The summed E-state index contributed by atoms with van der Waals surface area (Å²) < 4.78 is 31.6. The first-order chi connectivity index (χ1) is 20.3. The Morgan fingerprint density at radius 2 is 1.60 bits per heavy atom. The van der Waals surface area contributed by atoms with Crippen LogP contribution < -0.4 is 0 Å². The van der Waals surface area contributed by atoms with Crippen molar-refractivity contribution in [3.05, 3.63) is 71.9 Å². The van der Waals surface area contributed by atoms with E-state index < -0.39 is 15.4 Å². The molecule has 0 N–H and O–H groups in total. The summed E-state index contributed by atoms with van der Waals surface area (Å²) >= 11 is 0. The number of aryl methyl sites for hydroxylation is 2. The molecule has 226 valence electrons. The van der Waals surface area contributed by atoms with Gasteiger partial charge in [0, 0.05) is 67.4 Å². The summed E-state index contributed by atoms with van der Waals surface area (Å²) in [6.45, 7) is 10.2. The van der Waals surface area contributed by atoms with E-state index in [1.165, 1.54) is 11.8 Å². The Labute approximate surface area is 254 Å². The van der Waals surface area contributed by atoms with Crippen molar-refractivity contribution in [1.29, 1.82) is 0 Å². The molecule has 1 unspecified atom stereocenters. The lowest BCUT2D eigenvalue weighted by atomic mass is 9.90. The lowest BCUT2D eigenvalue weighted by molar-refractivity contribution is -0.0436. The van der Waals surface area contributed by atoms with Crippen LogP contribution in [0.3, 0.4) is 0 Å². The Bertz CT molecular complexity index is 1790. The number of piperazine rings is 1. The second-order valence-corrected chi connectivity index (χ2v) is 15.1. The smallest absolute Gasteiger partial charge is 0.410 e. The van der Waals surface area contributed by atoms with Crippen LogP contribution in [0, 0.1) is 6.92 Å². The number of pyridine rings is 1. The minimum absolute atomic E-state index is 0.193. The van der Waals surface area contributed by atoms with Gasteiger partial charge in [-0.2, -0.15) is 0 Å². The molecule has 2 bridgehead atoms. The first kappa shape index (κ1) is 29.4. The Balaban J connectivity index is 1.18. The average molecular weight is 601 g/mol. The molecule has 8 nitrogen and oxygen atoms in total. The first-order valence-corrected chi connectivity index (χ1v) is 16.8. The van der Waals surface area contributed by atoms with Crippen LogP contribution in [0.2, 0.25) is 0 Å². The van der Waals surface area contributed by atoms with E-state index in [0.717, 1.165) is 71.6 Å². The molecule has 3 aliphatic rings. The number of nitrogens with zero attached hydrogens (tertiary/aromatic N) is 4. The van der Waals surface area contributed by atoms with Gasteiger partial charge in [-0.3, -0.25) is 9.88 Å². The zero-order valence-corrected chi connectivity index (χ0v) is 26.6. The number of hydrogen-bond acceptors (Lipinski definition) is 6. The number of sulfone groups is 1. The van der Waals surface area contributed by atoms with Crippen molar-refractivity contribution in [1.82, 2.24) is 19.4 Å². The van der Waals surface area contributed by atoms with Crippen LogP contribution >= 0.6 is 0 Å². The molecular formula is C34H40N4O4S. The Morgan fingerprint density at radius 3 is 2.21 bits per heavy atom. The molecule has 0 saturated carbocycles. The van der Waals surface area contributed by atoms with Crippen LogP contribution in [0.4, 0.5) is 4.79 Å². The Kier molecular flexibility index (Phi) is 7.37. The maximum Gasteiger partial charge on any atom is 0.410 e. The van der Waals surface area contributed by atoms with Gasteiger partial charge >= 0.3 is 6.09 Å². The van der Waals surface area contributed by atoms with Crippen LogP contribution in [0.5, 0.6) is 0 Å². The van der Waals surface area contributed by atoms with Crippen molar-refractivity contribution in [3.63, 3.8) is 0 Å². The first-order valence-electron chi connectivity index (χ1n) is 14.9. The molecule has 0 spiro atoms.